The van der Waals surface area contributed by atoms with Crippen LogP contribution in [0, 0.1) is 0 Å². The third-order valence-electron chi connectivity index (χ3n) is 4.42. The zero-order valence-electron chi connectivity index (χ0n) is 13.9. The summed E-state index contributed by atoms with van der Waals surface area (Å²) in [4.78, 5) is 0. The van der Waals surface area contributed by atoms with Crippen molar-refractivity contribution in [2.75, 3.05) is 28.4 Å². The van der Waals surface area contributed by atoms with Crippen molar-refractivity contribution in [1.82, 2.24) is 0 Å². The van der Waals surface area contributed by atoms with E-state index in [4.69, 9.17) is 18.9 Å². The number of hydrogen-bond acceptors (Lipinski definition) is 8. The fourth-order valence-electron chi connectivity index (χ4n) is 3.15. The van der Waals surface area contributed by atoms with Gasteiger partial charge in [0.05, 0.1) is 12.0 Å². The Bertz CT molecular complexity index is 629. The third-order valence-corrected chi connectivity index (χ3v) is 4.42. The Hall–Kier alpha value is -1.68. The van der Waals surface area contributed by atoms with Gasteiger partial charge in [0.2, 0.25) is 5.79 Å². The number of rotatable bonds is 5. The van der Waals surface area contributed by atoms with Crippen LogP contribution in [-0.4, -0.2) is 66.2 Å². The summed E-state index contributed by atoms with van der Waals surface area (Å²) in [5.41, 5.74) is -0.0210. The van der Waals surface area contributed by atoms with E-state index in [0.29, 0.717) is 0 Å². The number of phenolic OH excluding ortho intramolecular Hbond substituents is 1. The largest absolute Gasteiger partial charge is 0.512 e. The maximum absolute atomic E-state index is 10.9. The lowest BCUT2D eigenvalue weighted by Gasteiger charge is -2.53. The predicted molar refractivity (Wildman–Crippen MR) is 82.9 cm³/mol. The summed E-state index contributed by atoms with van der Waals surface area (Å²) in [5, 5.41) is 42.5. The lowest BCUT2D eigenvalue weighted by molar-refractivity contribution is -0.455. The van der Waals surface area contributed by atoms with E-state index in [-0.39, 0.29) is 22.6 Å². The smallest absolute Gasteiger partial charge is 0.280 e. The fraction of sp³-hybridized carbons (Fsp3) is 0.500. The van der Waals surface area contributed by atoms with E-state index in [1.807, 2.05) is 0 Å². The van der Waals surface area contributed by atoms with Gasteiger partial charge in [0.25, 0.3) is 11.6 Å². The molecule has 0 heterocycles. The quantitative estimate of drug-likeness (QED) is 0.578. The molecular weight excluding hydrogens is 320 g/mol. The molecule has 8 nitrogen and oxygen atoms in total. The number of aromatic hydroxyl groups is 1. The van der Waals surface area contributed by atoms with Crippen LogP contribution in [0.25, 0.3) is 5.57 Å². The van der Waals surface area contributed by atoms with Crippen molar-refractivity contribution in [2.24, 2.45) is 0 Å². The molecule has 0 saturated carbocycles. The second-order valence-electron chi connectivity index (χ2n) is 5.37. The highest BCUT2D eigenvalue weighted by Gasteiger charge is 2.71. The molecule has 8 heteroatoms. The first-order valence-corrected chi connectivity index (χ1v) is 7.13. The van der Waals surface area contributed by atoms with Crippen LogP contribution in [0.5, 0.6) is 5.75 Å². The monoisotopic (exact) mass is 342 g/mol. The van der Waals surface area contributed by atoms with Crippen LogP contribution in [0.15, 0.2) is 30.0 Å². The number of ether oxygens (including phenoxy) is 4. The van der Waals surface area contributed by atoms with E-state index in [9.17, 15) is 20.4 Å². The minimum atomic E-state index is -2.86. The van der Waals surface area contributed by atoms with Crippen molar-refractivity contribution in [3.8, 4) is 5.75 Å². The van der Waals surface area contributed by atoms with E-state index in [2.05, 4.69) is 0 Å². The maximum atomic E-state index is 10.9. The lowest BCUT2D eigenvalue weighted by Crippen LogP contribution is -2.73. The molecular formula is C16H22O8. The Morgan fingerprint density at radius 1 is 0.875 bits per heavy atom. The number of aliphatic hydroxyl groups excluding tert-OH is 1. The number of hydrogen-bond donors (Lipinski definition) is 4. The second kappa shape index (κ2) is 6.32. The topological polar surface area (TPSA) is 118 Å². The van der Waals surface area contributed by atoms with Crippen LogP contribution in [0.1, 0.15) is 12.0 Å². The van der Waals surface area contributed by atoms with Crippen LogP contribution in [0.4, 0.5) is 0 Å². The average molecular weight is 342 g/mol. The normalized spacial score (nSPS) is 21.8. The van der Waals surface area contributed by atoms with Crippen molar-refractivity contribution >= 4 is 5.57 Å². The third kappa shape index (κ3) is 2.23. The van der Waals surface area contributed by atoms with Crippen LogP contribution >= 0.6 is 0 Å². The molecule has 0 aliphatic heterocycles. The van der Waals surface area contributed by atoms with Crippen molar-refractivity contribution in [3.05, 3.63) is 35.6 Å². The summed E-state index contributed by atoms with van der Waals surface area (Å²) in [6, 6.07) is 6.06. The van der Waals surface area contributed by atoms with Gasteiger partial charge in [-0.1, -0.05) is 18.2 Å². The van der Waals surface area contributed by atoms with E-state index in [1.165, 1.54) is 40.6 Å². The number of para-hydroxylation sites is 1. The highest BCUT2D eigenvalue weighted by atomic mass is 16.8. The van der Waals surface area contributed by atoms with Crippen LogP contribution in [0.2, 0.25) is 0 Å². The molecule has 0 aromatic heterocycles. The summed E-state index contributed by atoms with van der Waals surface area (Å²) >= 11 is 0. The van der Waals surface area contributed by atoms with Crippen LogP contribution in [-0.2, 0) is 18.9 Å². The van der Waals surface area contributed by atoms with E-state index in [0.717, 1.165) is 0 Å². The zero-order chi connectivity index (χ0) is 18.2. The maximum Gasteiger partial charge on any atom is 0.280 e. The Morgan fingerprint density at radius 3 is 1.88 bits per heavy atom. The van der Waals surface area contributed by atoms with E-state index < -0.39 is 23.8 Å². The number of phenols is 1. The highest BCUT2D eigenvalue weighted by molar-refractivity contribution is 5.78. The summed E-state index contributed by atoms with van der Waals surface area (Å²) in [5.74, 6) is -7.76. The number of benzene rings is 1. The van der Waals surface area contributed by atoms with Crippen molar-refractivity contribution < 1.29 is 39.4 Å². The first kappa shape index (κ1) is 18.7. The standard InChI is InChI=1S/C16H22O8/c1-21-14(22-2)9-12(18)13(10-7-5-6-8-11(10)17)15(23-3,24-4)16(14,19)20/h5-8,17-20H,9H2,1-4H3. The molecule has 0 spiro atoms. The first-order chi connectivity index (χ1) is 11.3. The zero-order valence-corrected chi connectivity index (χ0v) is 13.9. The van der Waals surface area contributed by atoms with Crippen LogP contribution in [0.3, 0.4) is 0 Å². The van der Waals surface area contributed by atoms with Gasteiger partial charge in [-0.05, 0) is 6.07 Å². The molecule has 0 saturated heterocycles. The molecule has 134 valence electrons. The molecule has 24 heavy (non-hydrogen) atoms. The van der Waals surface area contributed by atoms with Gasteiger partial charge in [0.1, 0.15) is 11.5 Å². The van der Waals surface area contributed by atoms with Gasteiger partial charge in [-0.2, -0.15) is 0 Å². The molecule has 2 rings (SSSR count). The molecule has 0 unspecified atom stereocenters. The molecule has 1 aromatic rings. The molecule has 4 N–H and O–H groups in total. The van der Waals surface area contributed by atoms with Gasteiger partial charge >= 0.3 is 0 Å². The molecule has 0 fully saturated rings. The number of aliphatic hydroxyl groups is 3. The Kier molecular flexibility index (Phi) is 4.91. The molecule has 0 bridgehead atoms. The summed E-state index contributed by atoms with van der Waals surface area (Å²) in [6.45, 7) is 0. The summed E-state index contributed by atoms with van der Waals surface area (Å²) < 4.78 is 20.9. The van der Waals surface area contributed by atoms with Crippen molar-refractivity contribution in [1.29, 1.82) is 0 Å². The first-order valence-electron chi connectivity index (χ1n) is 7.13. The number of methoxy groups -OCH3 is 4. The average Bonchev–Trinajstić information content (AvgIpc) is 2.57. The van der Waals surface area contributed by atoms with Gasteiger partial charge in [0.15, 0.2) is 0 Å². The summed E-state index contributed by atoms with van der Waals surface area (Å²) in [6.07, 6.45) is -0.412. The Labute approximate surface area is 139 Å². The van der Waals surface area contributed by atoms with Crippen molar-refractivity contribution in [3.63, 3.8) is 0 Å². The Morgan fingerprint density at radius 2 is 1.42 bits per heavy atom. The van der Waals surface area contributed by atoms with Crippen molar-refractivity contribution in [2.45, 2.75) is 23.8 Å². The molecule has 0 amide bonds. The van der Waals surface area contributed by atoms with Gasteiger partial charge in [0, 0.05) is 34.0 Å². The van der Waals surface area contributed by atoms with Gasteiger partial charge < -0.3 is 39.4 Å². The highest BCUT2D eigenvalue weighted by Crippen LogP contribution is 2.53. The molecule has 1 aliphatic carbocycles. The fourth-order valence-corrected chi connectivity index (χ4v) is 3.15. The Balaban J connectivity index is 2.85. The summed E-state index contributed by atoms with van der Waals surface area (Å²) in [7, 11) is 4.72. The van der Waals surface area contributed by atoms with E-state index >= 15 is 0 Å². The second-order valence-corrected chi connectivity index (χ2v) is 5.37. The molecule has 0 atom stereocenters. The van der Waals surface area contributed by atoms with E-state index in [1.54, 1.807) is 12.1 Å². The van der Waals surface area contributed by atoms with Gasteiger partial charge in [-0.25, -0.2) is 0 Å². The molecule has 1 aromatic carbocycles. The van der Waals surface area contributed by atoms with Gasteiger partial charge in [-0.3, -0.25) is 0 Å². The minimum absolute atomic E-state index is 0.118. The SMILES string of the molecule is COC1(OC)CC(O)=C(c2ccccc2O)C(OC)(OC)C1(O)O. The molecule has 0 radical (unpaired) electrons. The van der Waals surface area contributed by atoms with Gasteiger partial charge in [-0.15, -0.1) is 0 Å². The van der Waals surface area contributed by atoms with Crippen LogP contribution < -0.4 is 0 Å². The minimum Gasteiger partial charge on any atom is -0.512 e. The lowest BCUT2D eigenvalue weighted by atomic mass is 9.77. The molecule has 1 aliphatic rings. The predicted octanol–water partition coefficient (Wildman–Crippen LogP) is 0.724.